The molecule has 0 radical (unpaired) electrons. The number of amides is 1. The van der Waals surface area contributed by atoms with Crippen molar-refractivity contribution in [2.24, 2.45) is 4.99 Å². The molecular formula is C21H23N7O. The van der Waals surface area contributed by atoms with Gasteiger partial charge in [0, 0.05) is 56.8 Å². The van der Waals surface area contributed by atoms with Gasteiger partial charge in [0.05, 0.1) is 0 Å². The first-order valence-electron chi connectivity index (χ1n) is 9.49. The number of benzene rings is 1. The number of carbonyl (C=O) groups is 1. The van der Waals surface area contributed by atoms with Crippen LogP contribution in [0.1, 0.15) is 23.5 Å². The van der Waals surface area contributed by atoms with E-state index in [1.165, 1.54) is 0 Å². The molecule has 0 spiro atoms. The van der Waals surface area contributed by atoms with Crippen LogP contribution < -0.4 is 16.0 Å². The van der Waals surface area contributed by atoms with Crippen molar-refractivity contribution in [3.8, 4) is 5.82 Å². The first kappa shape index (κ1) is 18.7. The number of rotatable bonds is 5. The van der Waals surface area contributed by atoms with Gasteiger partial charge in [-0.05, 0) is 23.3 Å². The van der Waals surface area contributed by atoms with Crippen molar-refractivity contribution in [1.29, 1.82) is 0 Å². The molecule has 0 bridgehead atoms. The monoisotopic (exact) mass is 389 g/mol. The zero-order valence-electron chi connectivity index (χ0n) is 16.2. The van der Waals surface area contributed by atoms with Crippen molar-refractivity contribution in [2.75, 3.05) is 18.9 Å². The molecule has 0 saturated heterocycles. The average molecular weight is 389 g/mol. The standard InChI is InChI=1S/C21H23N7O/c1-22-21(25-12-15-6-7-19(24-11-15)28-9-8-23-14-28)26-13-16-10-20(29)27-18-5-3-2-4-17(16)18/h2-9,11,14,16H,10,12-13H2,1H3,(H,27,29)(H2,22,25,26). The van der Waals surface area contributed by atoms with Gasteiger partial charge in [-0.3, -0.25) is 14.4 Å². The van der Waals surface area contributed by atoms with E-state index in [2.05, 4.69) is 37.0 Å². The second kappa shape index (κ2) is 8.55. The third-order valence-corrected chi connectivity index (χ3v) is 4.88. The van der Waals surface area contributed by atoms with Crippen molar-refractivity contribution in [3.63, 3.8) is 0 Å². The van der Waals surface area contributed by atoms with Gasteiger partial charge in [-0.15, -0.1) is 0 Å². The third kappa shape index (κ3) is 4.43. The highest BCUT2D eigenvalue weighted by atomic mass is 16.1. The van der Waals surface area contributed by atoms with E-state index in [4.69, 9.17) is 0 Å². The highest BCUT2D eigenvalue weighted by molar-refractivity contribution is 5.94. The van der Waals surface area contributed by atoms with Crippen LogP contribution in [0.25, 0.3) is 5.82 Å². The lowest BCUT2D eigenvalue weighted by atomic mass is 9.90. The third-order valence-electron chi connectivity index (χ3n) is 4.88. The maximum Gasteiger partial charge on any atom is 0.225 e. The van der Waals surface area contributed by atoms with E-state index < -0.39 is 0 Å². The van der Waals surface area contributed by atoms with Crippen LogP contribution >= 0.6 is 0 Å². The lowest BCUT2D eigenvalue weighted by Crippen LogP contribution is -2.40. The van der Waals surface area contributed by atoms with Gasteiger partial charge >= 0.3 is 0 Å². The molecule has 8 nitrogen and oxygen atoms in total. The fourth-order valence-electron chi connectivity index (χ4n) is 3.38. The number of nitrogens with one attached hydrogen (secondary N) is 3. The quantitative estimate of drug-likeness (QED) is 0.459. The van der Waals surface area contributed by atoms with Gasteiger partial charge in [0.15, 0.2) is 5.96 Å². The Morgan fingerprint density at radius 1 is 1.28 bits per heavy atom. The minimum atomic E-state index is 0.0440. The van der Waals surface area contributed by atoms with E-state index in [1.54, 1.807) is 19.6 Å². The number of fused-ring (bicyclic) bond motifs is 1. The largest absolute Gasteiger partial charge is 0.356 e. The Labute approximate surface area is 169 Å². The SMILES string of the molecule is CN=C(NCc1ccc(-n2ccnc2)nc1)NCC1CC(=O)Nc2ccccc21. The van der Waals surface area contributed by atoms with Gasteiger partial charge in [-0.1, -0.05) is 24.3 Å². The molecule has 1 unspecified atom stereocenters. The van der Waals surface area contributed by atoms with Gasteiger partial charge < -0.3 is 16.0 Å². The zero-order chi connectivity index (χ0) is 20.1. The maximum atomic E-state index is 12.0. The molecule has 3 aromatic rings. The molecule has 3 N–H and O–H groups in total. The summed E-state index contributed by atoms with van der Waals surface area (Å²) in [5, 5.41) is 9.55. The number of anilines is 1. The predicted molar refractivity (Wildman–Crippen MR) is 112 cm³/mol. The maximum absolute atomic E-state index is 12.0. The molecule has 1 aliphatic rings. The van der Waals surface area contributed by atoms with E-state index in [1.807, 2.05) is 47.3 Å². The number of aliphatic imine (C=N–C) groups is 1. The average Bonchev–Trinajstić information content (AvgIpc) is 3.29. The van der Waals surface area contributed by atoms with Crippen molar-refractivity contribution in [3.05, 3.63) is 72.4 Å². The Kier molecular flexibility index (Phi) is 5.51. The minimum absolute atomic E-state index is 0.0440. The summed E-state index contributed by atoms with van der Waals surface area (Å²) in [6.45, 7) is 1.22. The smallest absolute Gasteiger partial charge is 0.225 e. The molecule has 2 aromatic heterocycles. The number of hydrogen-bond donors (Lipinski definition) is 3. The Morgan fingerprint density at radius 3 is 2.93 bits per heavy atom. The van der Waals surface area contributed by atoms with Gasteiger partial charge in [0.2, 0.25) is 5.91 Å². The van der Waals surface area contributed by atoms with Crippen molar-refractivity contribution in [2.45, 2.75) is 18.9 Å². The summed E-state index contributed by atoms with van der Waals surface area (Å²) in [6, 6.07) is 11.9. The highest BCUT2D eigenvalue weighted by Crippen LogP contribution is 2.31. The number of pyridine rings is 1. The predicted octanol–water partition coefficient (Wildman–Crippen LogP) is 2.06. The van der Waals surface area contributed by atoms with Crippen LogP contribution in [-0.4, -0.2) is 40.0 Å². The second-order valence-corrected chi connectivity index (χ2v) is 6.84. The Hall–Kier alpha value is -3.68. The summed E-state index contributed by atoms with van der Waals surface area (Å²) in [4.78, 5) is 24.7. The van der Waals surface area contributed by atoms with Gasteiger partial charge in [-0.2, -0.15) is 0 Å². The Bertz CT molecular complexity index is 996. The number of nitrogens with zero attached hydrogens (tertiary/aromatic N) is 4. The van der Waals surface area contributed by atoms with Crippen molar-refractivity contribution in [1.82, 2.24) is 25.2 Å². The molecule has 3 heterocycles. The molecule has 0 aliphatic carbocycles. The first-order chi connectivity index (χ1) is 14.2. The fourth-order valence-corrected chi connectivity index (χ4v) is 3.38. The van der Waals surface area contributed by atoms with Crippen LogP contribution in [0.3, 0.4) is 0 Å². The summed E-state index contributed by atoms with van der Waals surface area (Å²) >= 11 is 0. The second-order valence-electron chi connectivity index (χ2n) is 6.84. The number of imidazole rings is 1. The number of carbonyl (C=O) groups excluding carboxylic acids is 1. The summed E-state index contributed by atoms with van der Waals surface area (Å²) in [6.07, 6.45) is 7.59. The van der Waals surface area contributed by atoms with E-state index >= 15 is 0 Å². The molecular weight excluding hydrogens is 366 g/mol. The van der Waals surface area contributed by atoms with Crippen LogP contribution in [0.4, 0.5) is 5.69 Å². The molecule has 8 heteroatoms. The molecule has 1 atom stereocenters. The molecule has 148 valence electrons. The zero-order valence-corrected chi connectivity index (χ0v) is 16.2. The Morgan fingerprint density at radius 2 is 2.17 bits per heavy atom. The molecule has 29 heavy (non-hydrogen) atoms. The number of para-hydroxylation sites is 1. The van der Waals surface area contributed by atoms with E-state index in [9.17, 15) is 4.79 Å². The Balaban J connectivity index is 1.33. The van der Waals surface area contributed by atoms with Crippen LogP contribution in [0.5, 0.6) is 0 Å². The topological polar surface area (TPSA) is 96.2 Å². The molecule has 1 aromatic carbocycles. The van der Waals surface area contributed by atoms with E-state index in [0.29, 0.717) is 25.5 Å². The first-order valence-corrected chi connectivity index (χ1v) is 9.49. The minimum Gasteiger partial charge on any atom is -0.356 e. The van der Waals surface area contributed by atoms with Crippen molar-refractivity contribution < 1.29 is 4.79 Å². The van der Waals surface area contributed by atoms with Crippen molar-refractivity contribution >= 4 is 17.6 Å². The van der Waals surface area contributed by atoms with Gasteiger partial charge in [0.25, 0.3) is 0 Å². The lowest BCUT2D eigenvalue weighted by molar-refractivity contribution is -0.116. The van der Waals surface area contributed by atoms with Crippen LogP contribution in [-0.2, 0) is 11.3 Å². The number of hydrogen-bond acceptors (Lipinski definition) is 4. The lowest BCUT2D eigenvalue weighted by Gasteiger charge is -2.26. The summed E-state index contributed by atoms with van der Waals surface area (Å²) in [7, 11) is 1.73. The molecule has 4 rings (SSSR count). The molecule has 1 aliphatic heterocycles. The number of aromatic nitrogens is 3. The van der Waals surface area contributed by atoms with Crippen LogP contribution in [0.15, 0.2) is 66.3 Å². The van der Waals surface area contributed by atoms with Gasteiger partial charge in [-0.25, -0.2) is 9.97 Å². The van der Waals surface area contributed by atoms with Crippen LogP contribution in [0, 0.1) is 0 Å². The van der Waals surface area contributed by atoms with E-state index in [-0.39, 0.29) is 11.8 Å². The van der Waals surface area contributed by atoms with Crippen LogP contribution in [0.2, 0.25) is 0 Å². The normalized spacial score (nSPS) is 16.1. The fraction of sp³-hybridized carbons (Fsp3) is 0.238. The van der Waals surface area contributed by atoms with Gasteiger partial charge in [0.1, 0.15) is 12.1 Å². The summed E-state index contributed by atoms with van der Waals surface area (Å²) in [5.41, 5.74) is 3.08. The summed E-state index contributed by atoms with van der Waals surface area (Å²) in [5.74, 6) is 1.66. The van der Waals surface area contributed by atoms with E-state index in [0.717, 1.165) is 22.6 Å². The molecule has 0 saturated carbocycles. The summed E-state index contributed by atoms with van der Waals surface area (Å²) < 4.78 is 1.86. The molecule has 1 amide bonds. The highest BCUT2D eigenvalue weighted by Gasteiger charge is 2.24. The number of guanidine groups is 1. The molecule has 0 fully saturated rings.